The minimum Gasteiger partial charge on any atom is -0.388 e. The van der Waals surface area contributed by atoms with Gasteiger partial charge in [0.05, 0.1) is 6.54 Å². The summed E-state index contributed by atoms with van der Waals surface area (Å²) >= 11 is 12.0. The van der Waals surface area contributed by atoms with Gasteiger partial charge in [-0.25, -0.2) is 0 Å². The molecule has 0 aliphatic carbocycles. The first-order valence-electron chi connectivity index (χ1n) is 11.6. The summed E-state index contributed by atoms with van der Waals surface area (Å²) in [7, 11) is 0. The van der Waals surface area contributed by atoms with Gasteiger partial charge < -0.3 is 26.8 Å². The van der Waals surface area contributed by atoms with Gasteiger partial charge in [0.2, 0.25) is 5.91 Å². The molecule has 8 nitrogen and oxygen atoms in total. The molecule has 10 heteroatoms. The van der Waals surface area contributed by atoms with E-state index in [-0.39, 0.29) is 20.4 Å². The van der Waals surface area contributed by atoms with Crippen molar-refractivity contribution in [2.75, 3.05) is 25.0 Å². The lowest BCUT2D eigenvalue weighted by Gasteiger charge is -2.14. The fourth-order valence-electron chi connectivity index (χ4n) is 3.29. The van der Waals surface area contributed by atoms with E-state index in [0.29, 0.717) is 33.4 Å². The Morgan fingerprint density at radius 3 is 2.16 bits per heavy atom. The third-order valence-corrected chi connectivity index (χ3v) is 5.96. The van der Waals surface area contributed by atoms with Gasteiger partial charge in [-0.3, -0.25) is 14.4 Å². The summed E-state index contributed by atoms with van der Waals surface area (Å²) in [6, 6.07) is 17.9. The van der Waals surface area contributed by atoms with Crippen molar-refractivity contribution in [2.45, 2.75) is 12.6 Å². The van der Waals surface area contributed by atoms with Crippen LogP contribution in [0.2, 0.25) is 10.0 Å². The third-order valence-electron chi connectivity index (χ3n) is 5.37. The van der Waals surface area contributed by atoms with Crippen molar-refractivity contribution in [3.05, 3.63) is 99.0 Å². The zero-order valence-electron chi connectivity index (χ0n) is 20.3. The van der Waals surface area contributed by atoms with Crippen molar-refractivity contribution in [2.24, 2.45) is 5.73 Å². The number of hydrogen-bond donors (Lipinski definition) is 5. The molecule has 38 heavy (non-hydrogen) atoms. The SMILES string of the molecule is NC[C@H](NC(=O)c1ccc(C#Cc2ccc(NC(=O)CNCc3ccc(Cl)cc3Cl)cc2)cc1)C(=O)CO.[HH]. The van der Waals surface area contributed by atoms with Crippen molar-refractivity contribution in [1.29, 1.82) is 0 Å². The Balaban J connectivity index is 0.00000533. The lowest BCUT2D eigenvalue weighted by Crippen LogP contribution is -2.46. The second kappa shape index (κ2) is 14.3. The highest BCUT2D eigenvalue weighted by Crippen LogP contribution is 2.20. The minimum absolute atomic E-state index is 0. The first kappa shape index (κ1) is 28.9. The molecule has 0 aliphatic heterocycles. The molecule has 0 unspecified atom stereocenters. The predicted octanol–water partition coefficient (Wildman–Crippen LogP) is 2.99. The maximum absolute atomic E-state index is 12.3. The van der Waals surface area contributed by atoms with E-state index in [2.05, 4.69) is 27.8 Å². The van der Waals surface area contributed by atoms with Crippen LogP contribution in [0, 0.1) is 11.8 Å². The number of rotatable bonds is 10. The Morgan fingerprint density at radius 1 is 0.947 bits per heavy atom. The number of anilines is 1. The molecule has 198 valence electrons. The topological polar surface area (TPSA) is 134 Å². The third kappa shape index (κ3) is 8.70. The first-order chi connectivity index (χ1) is 18.3. The van der Waals surface area contributed by atoms with Gasteiger partial charge in [-0.15, -0.1) is 0 Å². The van der Waals surface area contributed by atoms with Gasteiger partial charge >= 0.3 is 0 Å². The highest BCUT2D eigenvalue weighted by Gasteiger charge is 2.18. The molecular formula is C28H28Cl2N4O4. The second-order valence-corrected chi connectivity index (χ2v) is 9.02. The van der Waals surface area contributed by atoms with E-state index in [1.165, 1.54) is 0 Å². The quantitative estimate of drug-likeness (QED) is 0.244. The number of amides is 2. The van der Waals surface area contributed by atoms with Gasteiger partial charge in [-0.2, -0.15) is 0 Å². The lowest BCUT2D eigenvalue weighted by atomic mass is 10.1. The molecule has 0 saturated carbocycles. The van der Waals surface area contributed by atoms with Crippen LogP contribution in [0.15, 0.2) is 66.7 Å². The molecule has 0 fully saturated rings. The Labute approximate surface area is 232 Å². The van der Waals surface area contributed by atoms with Gasteiger partial charge in [0.25, 0.3) is 5.91 Å². The number of aliphatic hydroxyl groups is 1. The van der Waals surface area contributed by atoms with Gasteiger partial charge in [-0.1, -0.05) is 41.1 Å². The Morgan fingerprint density at radius 2 is 1.58 bits per heavy atom. The zero-order chi connectivity index (χ0) is 27.5. The molecule has 3 aromatic rings. The smallest absolute Gasteiger partial charge is 0.251 e. The minimum atomic E-state index is -0.940. The average molecular weight is 555 g/mol. The molecule has 0 heterocycles. The summed E-state index contributed by atoms with van der Waals surface area (Å²) in [5.41, 5.74) is 8.73. The van der Waals surface area contributed by atoms with E-state index in [9.17, 15) is 14.4 Å². The van der Waals surface area contributed by atoms with E-state index >= 15 is 0 Å². The van der Waals surface area contributed by atoms with Gasteiger partial charge in [0.15, 0.2) is 5.78 Å². The summed E-state index contributed by atoms with van der Waals surface area (Å²) in [6.45, 7) is -0.254. The molecule has 0 aromatic heterocycles. The molecule has 1 atom stereocenters. The molecule has 0 radical (unpaired) electrons. The predicted molar refractivity (Wildman–Crippen MR) is 150 cm³/mol. The number of carbonyl (C=O) groups is 3. The number of aliphatic hydroxyl groups excluding tert-OH is 1. The van der Waals surface area contributed by atoms with Crippen LogP contribution in [0.5, 0.6) is 0 Å². The molecule has 0 bridgehead atoms. The van der Waals surface area contributed by atoms with Gasteiger partial charge in [0, 0.05) is 46.9 Å². The highest BCUT2D eigenvalue weighted by molar-refractivity contribution is 6.35. The average Bonchev–Trinajstić information content (AvgIpc) is 2.92. The van der Waals surface area contributed by atoms with Crippen molar-refractivity contribution in [3.63, 3.8) is 0 Å². The van der Waals surface area contributed by atoms with Crippen LogP contribution in [0.4, 0.5) is 5.69 Å². The fraction of sp³-hybridized carbons (Fsp3) is 0.179. The number of nitrogens with one attached hydrogen (secondary N) is 3. The van der Waals surface area contributed by atoms with Crippen LogP contribution >= 0.6 is 23.2 Å². The molecular weight excluding hydrogens is 527 g/mol. The summed E-state index contributed by atoms with van der Waals surface area (Å²) < 4.78 is 0. The molecule has 2 amide bonds. The normalized spacial score (nSPS) is 11.2. The van der Waals surface area contributed by atoms with E-state index in [4.69, 9.17) is 34.0 Å². The number of carbonyl (C=O) groups excluding carboxylic acids is 3. The summed E-state index contributed by atoms with van der Waals surface area (Å²) in [5, 5.41) is 18.4. The Kier molecular flexibility index (Phi) is 10.8. The largest absolute Gasteiger partial charge is 0.388 e. The van der Waals surface area contributed by atoms with E-state index in [1.807, 2.05) is 6.07 Å². The molecule has 0 spiro atoms. The number of benzene rings is 3. The van der Waals surface area contributed by atoms with Gasteiger partial charge in [0.1, 0.15) is 12.6 Å². The molecule has 0 aliphatic rings. The van der Waals surface area contributed by atoms with Crippen molar-refractivity contribution in [1.82, 2.24) is 10.6 Å². The monoisotopic (exact) mass is 554 g/mol. The second-order valence-electron chi connectivity index (χ2n) is 8.18. The maximum atomic E-state index is 12.3. The number of hydrogen-bond acceptors (Lipinski definition) is 6. The van der Waals surface area contributed by atoms with Crippen LogP contribution in [0.1, 0.15) is 28.5 Å². The summed E-state index contributed by atoms with van der Waals surface area (Å²) in [5.74, 6) is 4.82. The van der Waals surface area contributed by atoms with Crippen molar-refractivity contribution >= 4 is 46.5 Å². The van der Waals surface area contributed by atoms with Crippen LogP contribution in [0.25, 0.3) is 0 Å². The summed E-state index contributed by atoms with van der Waals surface area (Å²) in [6.07, 6.45) is 0. The lowest BCUT2D eigenvalue weighted by molar-refractivity contribution is -0.123. The Bertz CT molecular complexity index is 1360. The van der Waals surface area contributed by atoms with Crippen molar-refractivity contribution in [3.8, 4) is 11.8 Å². The molecule has 6 N–H and O–H groups in total. The maximum Gasteiger partial charge on any atom is 0.251 e. The van der Waals surface area contributed by atoms with Gasteiger partial charge in [-0.05, 0) is 66.2 Å². The van der Waals surface area contributed by atoms with E-state index in [1.54, 1.807) is 60.7 Å². The molecule has 0 saturated heterocycles. The standard InChI is InChI=1S/C28H26Cl2N4O4.H2/c29-22-10-9-21(24(30)13-22)15-32-16-27(37)33-23-11-5-19(6-12-23)2-1-18-3-7-20(8-4-18)28(38)34-25(14-31)26(36)17-35;/h3-13,25,32,35H,14-17,31H2,(H,33,37)(H,34,38);1H/t25-;/m0./s1. The molecule has 3 aromatic carbocycles. The Hall–Kier alpha value is -3.71. The van der Waals surface area contributed by atoms with E-state index < -0.39 is 24.3 Å². The number of nitrogens with two attached hydrogens (primary N) is 1. The first-order valence-corrected chi connectivity index (χ1v) is 12.4. The molecule has 3 rings (SSSR count). The van der Waals surface area contributed by atoms with E-state index in [0.717, 1.165) is 11.1 Å². The zero-order valence-corrected chi connectivity index (χ0v) is 21.8. The van der Waals surface area contributed by atoms with Crippen LogP contribution in [-0.4, -0.2) is 48.4 Å². The van der Waals surface area contributed by atoms with Crippen LogP contribution in [0.3, 0.4) is 0 Å². The van der Waals surface area contributed by atoms with Crippen molar-refractivity contribution < 1.29 is 20.9 Å². The summed E-state index contributed by atoms with van der Waals surface area (Å²) in [4.78, 5) is 36.1. The number of halogens is 2. The highest BCUT2D eigenvalue weighted by atomic mass is 35.5. The van der Waals surface area contributed by atoms with Crippen LogP contribution < -0.4 is 21.7 Å². The van der Waals surface area contributed by atoms with Crippen LogP contribution in [-0.2, 0) is 16.1 Å². The number of Topliss-reactive ketones (excluding diaryl/α,β-unsaturated/α-hetero) is 1. The number of ketones is 1. The fourth-order valence-corrected chi connectivity index (χ4v) is 3.77.